The number of carbonyl (C=O) groups is 1. The second kappa shape index (κ2) is 14.1. The van der Waals surface area contributed by atoms with Crippen LogP contribution in [0.5, 0.6) is 5.75 Å². The van der Waals surface area contributed by atoms with Crippen LogP contribution in [0.2, 0.25) is 0 Å². The molecule has 17 heteroatoms. The highest BCUT2D eigenvalue weighted by atomic mass is 19.4. The molecule has 0 aliphatic carbocycles. The second-order valence-electron chi connectivity index (χ2n) is 10.2. The van der Waals surface area contributed by atoms with Crippen molar-refractivity contribution in [2.24, 2.45) is 0 Å². The minimum absolute atomic E-state index is 0.000910. The number of hydrogen-bond donors (Lipinski definition) is 1. The molecule has 0 radical (unpaired) electrons. The number of amides is 1. The third-order valence-corrected chi connectivity index (χ3v) is 6.93. The molecule has 1 saturated heterocycles. The van der Waals surface area contributed by atoms with E-state index in [-0.39, 0.29) is 38.0 Å². The first kappa shape index (κ1) is 33.5. The van der Waals surface area contributed by atoms with Gasteiger partial charge in [0.05, 0.1) is 50.7 Å². The Bertz CT molecular complexity index is 1490. The zero-order chi connectivity index (χ0) is 32.8. The fourth-order valence-electron chi connectivity index (χ4n) is 4.56. The summed E-state index contributed by atoms with van der Waals surface area (Å²) in [6, 6.07) is 5.83. The van der Waals surface area contributed by atoms with Crippen LogP contribution in [-0.2, 0) is 28.4 Å². The Labute approximate surface area is 253 Å². The number of benzene rings is 1. The first-order chi connectivity index (χ1) is 21.3. The molecule has 0 saturated carbocycles. The highest BCUT2D eigenvalue weighted by molar-refractivity contribution is 5.76. The van der Waals surface area contributed by atoms with E-state index in [0.717, 1.165) is 10.9 Å². The van der Waals surface area contributed by atoms with Crippen molar-refractivity contribution < 1.29 is 40.6 Å². The number of alkyl halides is 6. The minimum atomic E-state index is -4.94. The van der Waals surface area contributed by atoms with Gasteiger partial charge < -0.3 is 24.6 Å². The van der Waals surface area contributed by atoms with Crippen molar-refractivity contribution in [3.63, 3.8) is 0 Å². The van der Waals surface area contributed by atoms with Crippen molar-refractivity contribution in [3.8, 4) is 5.75 Å². The molecule has 0 spiro atoms. The molecule has 1 atom stereocenters. The second-order valence-corrected chi connectivity index (χ2v) is 10.2. The highest BCUT2D eigenvalue weighted by Gasteiger charge is 2.38. The van der Waals surface area contributed by atoms with E-state index in [1.54, 1.807) is 41.0 Å². The van der Waals surface area contributed by atoms with E-state index in [9.17, 15) is 35.9 Å². The summed E-state index contributed by atoms with van der Waals surface area (Å²) in [5, 5.41) is 6.55. The third kappa shape index (κ3) is 8.83. The van der Waals surface area contributed by atoms with E-state index >= 15 is 0 Å². The van der Waals surface area contributed by atoms with Crippen LogP contribution in [0.1, 0.15) is 30.0 Å². The molecule has 1 amide bonds. The van der Waals surface area contributed by atoms with Crippen LogP contribution < -0.4 is 20.5 Å². The highest BCUT2D eigenvalue weighted by Crippen LogP contribution is 2.32. The van der Waals surface area contributed by atoms with Crippen LogP contribution in [-0.4, -0.2) is 83.1 Å². The van der Waals surface area contributed by atoms with E-state index < -0.39 is 40.8 Å². The molecule has 4 rings (SSSR count). The molecule has 1 N–H and O–H groups in total. The van der Waals surface area contributed by atoms with Gasteiger partial charge in [-0.05, 0) is 24.6 Å². The SMILES string of the molecule is COc1ccc(Cn2ncc(NC(C)COCCC(=O)N3CCN(c4ncc(C(F)(F)F)cn4)CC3)c(C(F)(F)F)c2=O)cc1. The van der Waals surface area contributed by atoms with Gasteiger partial charge in [0.15, 0.2) is 0 Å². The number of methoxy groups -OCH3 is 1. The average Bonchev–Trinajstić information content (AvgIpc) is 3.00. The molecule has 11 nitrogen and oxygen atoms in total. The monoisotopic (exact) mass is 643 g/mol. The van der Waals surface area contributed by atoms with Crippen molar-refractivity contribution in [2.75, 3.05) is 56.7 Å². The van der Waals surface area contributed by atoms with Gasteiger partial charge in [0.1, 0.15) is 11.3 Å². The smallest absolute Gasteiger partial charge is 0.423 e. The molecule has 244 valence electrons. The number of rotatable bonds is 11. The van der Waals surface area contributed by atoms with Crippen molar-refractivity contribution in [3.05, 3.63) is 69.9 Å². The van der Waals surface area contributed by atoms with Crippen LogP contribution in [0.4, 0.5) is 38.0 Å². The van der Waals surface area contributed by atoms with Gasteiger partial charge in [-0.1, -0.05) is 12.1 Å². The Hall–Kier alpha value is -4.41. The minimum Gasteiger partial charge on any atom is -0.497 e. The summed E-state index contributed by atoms with van der Waals surface area (Å²) >= 11 is 0. The molecule has 3 aromatic rings. The fraction of sp³-hybridized carbons (Fsp3) is 0.464. The van der Waals surface area contributed by atoms with Crippen LogP contribution >= 0.6 is 0 Å². The van der Waals surface area contributed by atoms with E-state index in [1.165, 1.54) is 7.11 Å². The number of aromatic nitrogens is 4. The van der Waals surface area contributed by atoms with Crippen LogP contribution in [0.3, 0.4) is 0 Å². The van der Waals surface area contributed by atoms with E-state index in [0.29, 0.717) is 49.9 Å². The molecule has 0 bridgehead atoms. The molecular weight excluding hydrogens is 612 g/mol. The standard InChI is InChI=1S/C28H31F6N7O4/c1-18(38-22-15-37-41(25(43)24(22)28(32,33)34)16-19-3-5-21(44-2)6-4-19)17-45-12-7-23(42)39-8-10-40(11-9-39)26-35-13-20(14-36-26)27(29,30)31/h3-6,13-15,18,38H,7-12,16-17H2,1-2H3. The molecular formula is C28H31F6N7O4. The predicted molar refractivity (Wildman–Crippen MR) is 150 cm³/mol. The summed E-state index contributed by atoms with van der Waals surface area (Å²) < 4.78 is 91.2. The van der Waals surface area contributed by atoms with Crippen LogP contribution in [0, 0.1) is 0 Å². The molecule has 45 heavy (non-hydrogen) atoms. The summed E-state index contributed by atoms with van der Waals surface area (Å²) in [4.78, 5) is 36.2. The third-order valence-electron chi connectivity index (χ3n) is 6.93. The summed E-state index contributed by atoms with van der Waals surface area (Å²) in [6.07, 6.45) is -7.09. The number of anilines is 2. The van der Waals surface area contributed by atoms with Crippen molar-refractivity contribution >= 4 is 17.5 Å². The van der Waals surface area contributed by atoms with Gasteiger partial charge in [-0.15, -0.1) is 0 Å². The van der Waals surface area contributed by atoms with Gasteiger partial charge in [-0.2, -0.15) is 31.4 Å². The van der Waals surface area contributed by atoms with Gasteiger partial charge in [0, 0.05) is 44.6 Å². The molecule has 1 aromatic carbocycles. The lowest BCUT2D eigenvalue weighted by Gasteiger charge is -2.34. The Balaban J connectivity index is 1.24. The molecule has 3 heterocycles. The maximum atomic E-state index is 13.9. The van der Waals surface area contributed by atoms with Gasteiger partial charge in [0.2, 0.25) is 11.9 Å². The van der Waals surface area contributed by atoms with Gasteiger partial charge in [-0.3, -0.25) is 9.59 Å². The maximum Gasteiger partial charge on any atom is 0.423 e. The lowest BCUT2D eigenvalue weighted by atomic mass is 10.2. The molecule has 2 aromatic heterocycles. The lowest BCUT2D eigenvalue weighted by Crippen LogP contribution is -2.49. The zero-order valence-electron chi connectivity index (χ0n) is 24.4. The van der Waals surface area contributed by atoms with Crippen molar-refractivity contribution in [2.45, 2.75) is 38.3 Å². The number of nitrogens with one attached hydrogen (secondary N) is 1. The Morgan fingerprint density at radius 1 is 0.978 bits per heavy atom. The number of piperazine rings is 1. The Morgan fingerprint density at radius 2 is 1.62 bits per heavy atom. The van der Waals surface area contributed by atoms with Gasteiger partial charge in [-0.25, -0.2) is 14.6 Å². The quantitative estimate of drug-likeness (QED) is 0.247. The largest absolute Gasteiger partial charge is 0.497 e. The van der Waals surface area contributed by atoms with Crippen LogP contribution in [0.25, 0.3) is 0 Å². The average molecular weight is 644 g/mol. The van der Waals surface area contributed by atoms with Gasteiger partial charge >= 0.3 is 12.4 Å². The summed E-state index contributed by atoms with van der Waals surface area (Å²) in [6.45, 7) is 2.60. The molecule has 1 fully saturated rings. The van der Waals surface area contributed by atoms with Gasteiger partial charge in [0.25, 0.3) is 5.56 Å². The summed E-state index contributed by atoms with van der Waals surface area (Å²) in [5.41, 5.74) is -3.55. The number of ether oxygens (including phenoxy) is 2. The summed E-state index contributed by atoms with van der Waals surface area (Å²) in [7, 11) is 1.48. The molecule has 1 unspecified atom stereocenters. The van der Waals surface area contributed by atoms with Crippen LogP contribution in [0.15, 0.2) is 47.7 Å². The molecule has 1 aliphatic heterocycles. The van der Waals surface area contributed by atoms with Crippen molar-refractivity contribution in [1.29, 1.82) is 0 Å². The zero-order valence-corrected chi connectivity index (χ0v) is 24.4. The number of nitrogens with zero attached hydrogens (tertiary/aromatic N) is 6. The normalized spacial score (nSPS) is 14.8. The predicted octanol–water partition coefficient (Wildman–Crippen LogP) is 3.68. The topological polar surface area (TPSA) is 115 Å². The Kier molecular flexibility index (Phi) is 10.5. The van der Waals surface area contributed by atoms with E-state index in [4.69, 9.17) is 9.47 Å². The first-order valence-electron chi connectivity index (χ1n) is 13.8. The lowest BCUT2D eigenvalue weighted by molar-refractivity contribution is -0.139. The molecule has 1 aliphatic rings. The number of halogens is 6. The van der Waals surface area contributed by atoms with E-state index in [1.807, 2.05) is 0 Å². The fourth-order valence-corrected chi connectivity index (χ4v) is 4.56. The Morgan fingerprint density at radius 3 is 2.20 bits per heavy atom. The van der Waals surface area contributed by atoms with E-state index in [2.05, 4.69) is 20.4 Å². The van der Waals surface area contributed by atoms with Crippen molar-refractivity contribution in [1.82, 2.24) is 24.6 Å². The summed E-state index contributed by atoms with van der Waals surface area (Å²) in [5.74, 6) is 0.481. The number of hydrogen-bond acceptors (Lipinski definition) is 9. The number of carbonyl (C=O) groups excluding carboxylic acids is 1. The maximum absolute atomic E-state index is 13.9. The first-order valence-corrected chi connectivity index (χ1v) is 13.8.